The summed E-state index contributed by atoms with van der Waals surface area (Å²) in [5.74, 6) is 0.217. The number of thioether (sulfide) groups is 1. The van der Waals surface area contributed by atoms with E-state index in [2.05, 4.69) is 12.2 Å². The van der Waals surface area contributed by atoms with E-state index in [1.54, 1.807) is 29.2 Å². The second-order valence-electron chi connectivity index (χ2n) is 10.2. The highest BCUT2D eigenvalue weighted by Crippen LogP contribution is 2.42. The maximum Gasteiger partial charge on any atom is 0.265 e. The summed E-state index contributed by atoms with van der Waals surface area (Å²) < 4.78 is 19.2. The van der Waals surface area contributed by atoms with Crippen LogP contribution in [0, 0.1) is 5.82 Å². The number of para-hydroxylation sites is 1. The largest absolute Gasteiger partial charge is 0.494 e. The summed E-state index contributed by atoms with van der Waals surface area (Å²) in [5.41, 5.74) is 4.01. The normalized spacial score (nSPS) is 14.4. The molecule has 4 aromatic rings. The van der Waals surface area contributed by atoms with Gasteiger partial charge < -0.3 is 15.0 Å². The highest BCUT2D eigenvalue weighted by atomic mass is 32.2. The van der Waals surface area contributed by atoms with E-state index in [4.69, 9.17) is 4.74 Å². The van der Waals surface area contributed by atoms with E-state index < -0.39 is 0 Å². The maximum atomic E-state index is 13.6. The highest BCUT2D eigenvalue weighted by Gasteiger charge is 2.29. The average molecular weight is 581 g/mol. The molecule has 0 saturated carbocycles. The zero-order valence-corrected chi connectivity index (χ0v) is 24.5. The van der Waals surface area contributed by atoms with Crippen LogP contribution in [0.2, 0.25) is 0 Å². The third-order valence-electron chi connectivity index (χ3n) is 7.05. The van der Waals surface area contributed by atoms with Gasteiger partial charge in [-0.25, -0.2) is 4.39 Å². The number of halogens is 1. The van der Waals surface area contributed by atoms with Gasteiger partial charge in [-0.1, -0.05) is 73.6 Å². The lowest BCUT2D eigenvalue weighted by atomic mass is 10.1. The Morgan fingerprint density at radius 3 is 2.40 bits per heavy atom. The van der Waals surface area contributed by atoms with Gasteiger partial charge in [0.05, 0.1) is 29.8 Å². The Balaban J connectivity index is 1.26. The molecular weight excluding hydrogens is 547 g/mol. The van der Waals surface area contributed by atoms with E-state index in [0.29, 0.717) is 23.6 Å². The van der Waals surface area contributed by atoms with E-state index >= 15 is 0 Å². The molecule has 1 N–H and O–H groups in total. The van der Waals surface area contributed by atoms with Crippen LogP contribution in [0.1, 0.15) is 59.8 Å². The number of rotatable bonds is 10. The molecule has 1 aliphatic rings. The first kappa shape index (κ1) is 29.1. The highest BCUT2D eigenvalue weighted by molar-refractivity contribution is 8.04. The smallest absolute Gasteiger partial charge is 0.265 e. The first-order valence-electron chi connectivity index (χ1n) is 14.1. The molecular formula is C35H33FN2O3S. The predicted octanol–water partition coefficient (Wildman–Crippen LogP) is 8.18. The summed E-state index contributed by atoms with van der Waals surface area (Å²) in [7, 11) is 0. The van der Waals surface area contributed by atoms with Gasteiger partial charge in [-0.05, 0) is 84.6 Å². The zero-order valence-electron chi connectivity index (χ0n) is 23.7. The summed E-state index contributed by atoms with van der Waals surface area (Å²) in [6, 6.07) is 28.8. The van der Waals surface area contributed by atoms with Gasteiger partial charge in [-0.15, -0.1) is 0 Å². The van der Waals surface area contributed by atoms with E-state index in [1.807, 2.05) is 73.7 Å². The monoisotopic (exact) mass is 580 g/mol. The maximum absolute atomic E-state index is 13.6. The molecule has 0 saturated heterocycles. The number of benzene rings is 4. The number of nitrogens with zero attached hydrogens (tertiary/aromatic N) is 1. The molecule has 214 valence electrons. The number of carbonyl (C=O) groups excluding carboxylic acids is 2. The number of ether oxygens (including phenoxy) is 1. The number of carbonyl (C=O) groups is 2. The molecule has 0 fully saturated rings. The van der Waals surface area contributed by atoms with Gasteiger partial charge in [0.2, 0.25) is 0 Å². The van der Waals surface area contributed by atoms with Crippen molar-refractivity contribution in [3.63, 3.8) is 0 Å². The van der Waals surface area contributed by atoms with Gasteiger partial charge in [0.1, 0.15) is 11.6 Å². The average Bonchev–Trinajstić information content (AvgIpc) is 3.01. The lowest BCUT2D eigenvalue weighted by Gasteiger charge is -2.30. The van der Waals surface area contributed by atoms with Crippen LogP contribution < -0.4 is 15.0 Å². The fraction of sp³-hybridized carbons (Fsp3) is 0.200. The van der Waals surface area contributed by atoms with Crippen molar-refractivity contribution in [3.05, 3.63) is 130 Å². The van der Waals surface area contributed by atoms with Gasteiger partial charge in [0.25, 0.3) is 11.8 Å². The molecule has 0 radical (unpaired) electrons. The lowest BCUT2D eigenvalue weighted by Crippen LogP contribution is -2.33. The number of nitrogens with one attached hydrogen (secondary N) is 1. The van der Waals surface area contributed by atoms with Crippen molar-refractivity contribution in [1.29, 1.82) is 0 Å². The molecule has 0 aromatic heterocycles. The van der Waals surface area contributed by atoms with E-state index in [-0.39, 0.29) is 23.7 Å². The summed E-state index contributed by atoms with van der Waals surface area (Å²) in [6.45, 7) is 5.11. The molecule has 0 spiro atoms. The van der Waals surface area contributed by atoms with Gasteiger partial charge >= 0.3 is 0 Å². The molecule has 1 atom stereocenters. The first-order chi connectivity index (χ1) is 20.4. The number of anilines is 1. The Labute approximate surface area is 250 Å². The standard InChI is InChI=1S/C35H33FN2O3S/c1-3-4-21-41-30-19-15-27(16-20-30)24(2)37-34(39)28-13-9-25(10-14-28)22-33-35(40)38(23-26-11-17-29(36)18-12-26)31-7-5-6-8-32(31)42-33/h5-20,22,24H,3-4,21,23H2,1-2H3,(H,37,39)/b33-22-/t24-/m0/s1. The molecule has 0 aliphatic carbocycles. The van der Waals surface area contributed by atoms with Gasteiger partial charge in [0.15, 0.2) is 0 Å². The number of hydrogen-bond acceptors (Lipinski definition) is 4. The molecule has 1 heterocycles. The minimum Gasteiger partial charge on any atom is -0.494 e. The number of unbranched alkanes of at least 4 members (excludes halogenated alkanes) is 1. The molecule has 4 aromatic carbocycles. The molecule has 0 bridgehead atoms. The molecule has 2 amide bonds. The third kappa shape index (κ3) is 7.09. The van der Waals surface area contributed by atoms with Crippen molar-refractivity contribution in [1.82, 2.24) is 5.32 Å². The minimum absolute atomic E-state index is 0.125. The quantitative estimate of drug-likeness (QED) is 0.152. The number of hydrogen-bond donors (Lipinski definition) is 1. The van der Waals surface area contributed by atoms with Crippen LogP contribution in [0.25, 0.3) is 6.08 Å². The van der Waals surface area contributed by atoms with E-state index in [0.717, 1.165) is 45.9 Å². The van der Waals surface area contributed by atoms with Crippen molar-refractivity contribution in [2.75, 3.05) is 11.5 Å². The van der Waals surface area contributed by atoms with Crippen LogP contribution >= 0.6 is 11.8 Å². The van der Waals surface area contributed by atoms with Crippen LogP contribution in [0.3, 0.4) is 0 Å². The molecule has 5 rings (SSSR count). The van der Waals surface area contributed by atoms with E-state index in [1.165, 1.54) is 23.9 Å². The SMILES string of the molecule is CCCCOc1ccc([C@H](C)NC(=O)c2ccc(/C=C3\Sc4ccccc4N(Cc4ccc(F)cc4)C3=O)cc2)cc1. The van der Waals surface area contributed by atoms with Gasteiger partial charge in [-0.3, -0.25) is 9.59 Å². The molecule has 5 nitrogen and oxygen atoms in total. The van der Waals surface area contributed by atoms with Crippen molar-refractivity contribution in [2.24, 2.45) is 0 Å². The Morgan fingerprint density at radius 1 is 0.976 bits per heavy atom. The zero-order chi connectivity index (χ0) is 29.5. The fourth-order valence-corrected chi connectivity index (χ4v) is 5.68. The molecule has 42 heavy (non-hydrogen) atoms. The Hall–Kier alpha value is -4.36. The van der Waals surface area contributed by atoms with Crippen molar-refractivity contribution < 1.29 is 18.7 Å². The van der Waals surface area contributed by atoms with E-state index in [9.17, 15) is 14.0 Å². The lowest BCUT2D eigenvalue weighted by molar-refractivity contribution is -0.114. The number of amides is 2. The predicted molar refractivity (Wildman–Crippen MR) is 167 cm³/mol. The van der Waals surface area contributed by atoms with Gasteiger partial charge in [0, 0.05) is 10.5 Å². The second kappa shape index (κ2) is 13.5. The van der Waals surface area contributed by atoms with Gasteiger partial charge in [-0.2, -0.15) is 0 Å². The number of fused-ring (bicyclic) bond motifs is 1. The summed E-state index contributed by atoms with van der Waals surface area (Å²) in [6.07, 6.45) is 3.95. The van der Waals surface area contributed by atoms with Crippen LogP contribution in [0.15, 0.2) is 107 Å². The van der Waals surface area contributed by atoms with Crippen molar-refractivity contribution in [3.8, 4) is 5.75 Å². The fourth-order valence-electron chi connectivity index (χ4n) is 4.62. The van der Waals surface area contributed by atoms with Crippen LogP contribution in [-0.4, -0.2) is 18.4 Å². The third-order valence-corrected chi connectivity index (χ3v) is 8.13. The Morgan fingerprint density at radius 2 is 1.69 bits per heavy atom. The second-order valence-corrected chi connectivity index (χ2v) is 11.3. The topological polar surface area (TPSA) is 58.6 Å². The van der Waals surface area contributed by atoms with Crippen LogP contribution in [-0.2, 0) is 11.3 Å². The molecule has 7 heteroatoms. The molecule has 1 aliphatic heterocycles. The Kier molecular flexibility index (Phi) is 9.39. The summed E-state index contributed by atoms with van der Waals surface area (Å²) >= 11 is 1.42. The first-order valence-corrected chi connectivity index (χ1v) is 14.9. The Bertz CT molecular complexity index is 1570. The summed E-state index contributed by atoms with van der Waals surface area (Å²) in [5, 5.41) is 3.05. The van der Waals surface area contributed by atoms with Crippen LogP contribution in [0.5, 0.6) is 5.75 Å². The molecule has 0 unspecified atom stereocenters. The summed E-state index contributed by atoms with van der Waals surface area (Å²) in [4.78, 5) is 29.8. The van der Waals surface area contributed by atoms with Crippen LogP contribution in [0.4, 0.5) is 10.1 Å². The van der Waals surface area contributed by atoms with Crippen molar-refractivity contribution in [2.45, 2.75) is 44.2 Å². The van der Waals surface area contributed by atoms with Crippen molar-refractivity contribution >= 4 is 35.3 Å². The minimum atomic E-state index is -0.311.